The van der Waals surface area contributed by atoms with Crippen LogP contribution in [0, 0.1) is 6.92 Å². The van der Waals surface area contributed by atoms with Crippen LogP contribution in [0.15, 0.2) is 55.1 Å². The molecule has 0 fully saturated rings. The lowest BCUT2D eigenvalue weighted by Crippen LogP contribution is -2.10. The lowest BCUT2D eigenvalue weighted by Gasteiger charge is -2.14. The number of hydrogen-bond acceptors (Lipinski definition) is 4. The summed E-state index contributed by atoms with van der Waals surface area (Å²) in [7, 11) is 0. The second kappa shape index (κ2) is 7.31. The maximum atomic E-state index is 12.1. The SMILES string of the molecule is C=CCOC(=O)c1c(C)cc(O)cc1OCc1ccccc1. The minimum absolute atomic E-state index is 0.0424. The Hall–Kier alpha value is -2.75. The third-order valence-corrected chi connectivity index (χ3v) is 3.06. The molecule has 4 heteroatoms. The fourth-order valence-electron chi connectivity index (χ4n) is 2.05. The van der Waals surface area contributed by atoms with Gasteiger partial charge in [0.15, 0.2) is 0 Å². The van der Waals surface area contributed by atoms with Crippen LogP contribution in [-0.4, -0.2) is 17.7 Å². The molecule has 2 rings (SSSR count). The van der Waals surface area contributed by atoms with Crippen molar-refractivity contribution in [2.45, 2.75) is 13.5 Å². The third-order valence-electron chi connectivity index (χ3n) is 3.06. The number of carbonyl (C=O) groups excluding carboxylic acids is 1. The molecule has 114 valence electrons. The second-order valence-electron chi connectivity index (χ2n) is 4.80. The van der Waals surface area contributed by atoms with Gasteiger partial charge in [0.25, 0.3) is 0 Å². The lowest BCUT2D eigenvalue weighted by molar-refractivity contribution is 0.0543. The van der Waals surface area contributed by atoms with Crippen LogP contribution in [0.25, 0.3) is 0 Å². The Bertz CT molecular complexity index is 662. The molecule has 0 aliphatic rings. The molecule has 0 bridgehead atoms. The highest BCUT2D eigenvalue weighted by Crippen LogP contribution is 2.29. The van der Waals surface area contributed by atoms with Crippen molar-refractivity contribution in [2.24, 2.45) is 0 Å². The summed E-state index contributed by atoms with van der Waals surface area (Å²) >= 11 is 0. The highest BCUT2D eigenvalue weighted by molar-refractivity contribution is 5.94. The summed E-state index contributed by atoms with van der Waals surface area (Å²) in [4.78, 5) is 12.1. The molecular formula is C18H18O4. The summed E-state index contributed by atoms with van der Waals surface area (Å²) in [6.45, 7) is 5.65. The predicted octanol–water partition coefficient (Wildman–Crippen LogP) is 3.62. The Morgan fingerprint density at radius 1 is 1.27 bits per heavy atom. The van der Waals surface area contributed by atoms with Gasteiger partial charge < -0.3 is 14.6 Å². The van der Waals surface area contributed by atoms with Gasteiger partial charge in [-0.15, -0.1) is 0 Å². The van der Waals surface area contributed by atoms with Crippen molar-refractivity contribution in [1.82, 2.24) is 0 Å². The van der Waals surface area contributed by atoms with E-state index in [1.807, 2.05) is 30.3 Å². The van der Waals surface area contributed by atoms with E-state index in [1.165, 1.54) is 18.2 Å². The average Bonchev–Trinajstić information content (AvgIpc) is 2.51. The van der Waals surface area contributed by atoms with E-state index < -0.39 is 5.97 Å². The first-order valence-electron chi connectivity index (χ1n) is 6.90. The standard InChI is InChI=1S/C18H18O4/c1-3-9-21-18(20)17-13(2)10-15(19)11-16(17)22-12-14-7-5-4-6-8-14/h3-8,10-11,19H,1,9,12H2,2H3. The number of hydrogen-bond donors (Lipinski definition) is 1. The summed E-state index contributed by atoms with van der Waals surface area (Å²) in [6, 6.07) is 12.5. The third kappa shape index (κ3) is 3.88. The van der Waals surface area contributed by atoms with Crippen molar-refractivity contribution in [1.29, 1.82) is 0 Å². The number of phenols is 1. The fraction of sp³-hybridized carbons (Fsp3) is 0.167. The van der Waals surface area contributed by atoms with Crippen LogP contribution in [0.3, 0.4) is 0 Å². The van der Waals surface area contributed by atoms with Gasteiger partial charge in [0.1, 0.15) is 30.3 Å². The van der Waals surface area contributed by atoms with Gasteiger partial charge in [-0.2, -0.15) is 0 Å². The van der Waals surface area contributed by atoms with Gasteiger partial charge in [0, 0.05) is 6.07 Å². The first-order chi connectivity index (χ1) is 10.6. The highest BCUT2D eigenvalue weighted by Gasteiger charge is 2.18. The van der Waals surface area contributed by atoms with Gasteiger partial charge >= 0.3 is 5.97 Å². The van der Waals surface area contributed by atoms with Gasteiger partial charge in [-0.1, -0.05) is 43.0 Å². The van der Waals surface area contributed by atoms with E-state index in [0.717, 1.165) is 5.56 Å². The molecule has 22 heavy (non-hydrogen) atoms. The maximum absolute atomic E-state index is 12.1. The largest absolute Gasteiger partial charge is 0.508 e. The molecule has 2 aromatic rings. The molecule has 1 N–H and O–H groups in total. The van der Waals surface area contributed by atoms with Crippen molar-refractivity contribution in [3.63, 3.8) is 0 Å². The monoisotopic (exact) mass is 298 g/mol. The van der Waals surface area contributed by atoms with Gasteiger partial charge in [0.05, 0.1) is 0 Å². The molecule has 0 heterocycles. The second-order valence-corrected chi connectivity index (χ2v) is 4.80. The molecular weight excluding hydrogens is 280 g/mol. The number of esters is 1. The van der Waals surface area contributed by atoms with E-state index in [-0.39, 0.29) is 12.4 Å². The molecule has 0 spiro atoms. The van der Waals surface area contributed by atoms with E-state index in [4.69, 9.17) is 9.47 Å². The Morgan fingerprint density at radius 2 is 2.00 bits per heavy atom. The van der Waals surface area contributed by atoms with E-state index in [2.05, 4.69) is 6.58 Å². The van der Waals surface area contributed by atoms with Crippen LogP contribution in [0.4, 0.5) is 0 Å². The van der Waals surface area contributed by atoms with E-state index in [1.54, 1.807) is 6.92 Å². The summed E-state index contributed by atoms with van der Waals surface area (Å²) in [5.41, 5.74) is 1.88. The molecule has 0 aromatic heterocycles. The van der Waals surface area contributed by atoms with E-state index in [9.17, 15) is 9.90 Å². The Balaban J connectivity index is 2.24. The highest BCUT2D eigenvalue weighted by atomic mass is 16.5. The van der Waals surface area contributed by atoms with Crippen LogP contribution >= 0.6 is 0 Å². The zero-order valence-corrected chi connectivity index (χ0v) is 12.4. The van der Waals surface area contributed by atoms with Crippen LogP contribution < -0.4 is 4.74 Å². The molecule has 0 radical (unpaired) electrons. The molecule has 0 saturated carbocycles. The van der Waals surface area contributed by atoms with Crippen LogP contribution in [0.5, 0.6) is 11.5 Å². The quantitative estimate of drug-likeness (QED) is 0.653. The minimum atomic E-state index is -0.500. The molecule has 2 aromatic carbocycles. The Morgan fingerprint density at radius 3 is 2.68 bits per heavy atom. The molecule has 0 saturated heterocycles. The van der Waals surface area contributed by atoms with Crippen molar-refractivity contribution in [2.75, 3.05) is 6.61 Å². The van der Waals surface area contributed by atoms with Crippen LogP contribution in [0.2, 0.25) is 0 Å². The van der Waals surface area contributed by atoms with Crippen molar-refractivity contribution < 1.29 is 19.4 Å². The number of benzene rings is 2. The average molecular weight is 298 g/mol. The van der Waals surface area contributed by atoms with Crippen molar-refractivity contribution in [3.8, 4) is 11.5 Å². The number of phenolic OH excluding ortho intramolecular Hbond substituents is 1. The maximum Gasteiger partial charge on any atom is 0.342 e. The minimum Gasteiger partial charge on any atom is -0.508 e. The Labute approximate surface area is 129 Å². The number of carbonyl (C=O) groups is 1. The summed E-state index contributed by atoms with van der Waals surface area (Å²) in [5.74, 6) is -0.156. The first kappa shape index (κ1) is 15.6. The molecule has 0 aliphatic carbocycles. The van der Waals surface area contributed by atoms with Gasteiger partial charge in [0.2, 0.25) is 0 Å². The number of rotatable bonds is 6. The molecule has 0 aliphatic heterocycles. The van der Waals surface area contributed by atoms with Crippen LogP contribution in [-0.2, 0) is 11.3 Å². The van der Waals surface area contributed by atoms with Gasteiger partial charge in [-0.3, -0.25) is 0 Å². The zero-order chi connectivity index (χ0) is 15.9. The molecule has 0 unspecified atom stereocenters. The smallest absolute Gasteiger partial charge is 0.342 e. The summed E-state index contributed by atoms with van der Waals surface area (Å²) < 4.78 is 10.8. The van der Waals surface area contributed by atoms with Crippen molar-refractivity contribution in [3.05, 3.63) is 71.8 Å². The normalized spacial score (nSPS) is 10.0. The summed E-state index contributed by atoms with van der Waals surface area (Å²) in [5, 5.41) is 9.73. The van der Waals surface area contributed by atoms with Crippen LogP contribution in [0.1, 0.15) is 21.5 Å². The number of aryl methyl sites for hydroxylation is 1. The Kier molecular flexibility index (Phi) is 5.20. The fourth-order valence-corrected chi connectivity index (χ4v) is 2.05. The van der Waals surface area contributed by atoms with Crippen molar-refractivity contribution >= 4 is 5.97 Å². The summed E-state index contributed by atoms with van der Waals surface area (Å²) in [6.07, 6.45) is 1.50. The zero-order valence-electron chi connectivity index (χ0n) is 12.4. The topological polar surface area (TPSA) is 55.8 Å². The molecule has 4 nitrogen and oxygen atoms in total. The molecule has 0 atom stereocenters. The van der Waals surface area contributed by atoms with Gasteiger partial charge in [-0.25, -0.2) is 4.79 Å². The lowest BCUT2D eigenvalue weighted by atomic mass is 10.1. The van der Waals surface area contributed by atoms with Gasteiger partial charge in [-0.05, 0) is 24.1 Å². The van der Waals surface area contributed by atoms with E-state index in [0.29, 0.717) is 23.5 Å². The van der Waals surface area contributed by atoms with E-state index >= 15 is 0 Å². The predicted molar refractivity (Wildman–Crippen MR) is 84.1 cm³/mol. The number of ether oxygens (including phenoxy) is 2. The number of aromatic hydroxyl groups is 1. The molecule has 0 amide bonds. The first-order valence-corrected chi connectivity index (χ1v) is 6.90.